The lowest BCUT2D eigenvalue weighted by atomic mass is 10.3. The lowest BCUT2D eigenvalue weighted by molar-refractivity contribution is 0.0318. The molecule has 0 saturated carbocycles. The van der Waals surface area contributed by atoms with Crippen molar-refractivity contribution >= 4 is 11.7 Å². The molecule has 0 bridgehead atoms. The quantitative estimate of drug-likeness (QED) is 0.581. The molecular formula is C11H16N2O3. The van der Waals surface area contributed by atoms with Gasteiger partial charge in [-0.2, -0.15) is 0 Å². The van der Waals surface area contributed by atoms with E-state index in [4.69, 9.17) is 15.2 Å². The molecule has 0 spiro atoms. The molecule has 0 amide bonds. The van der Waals surface area contributed by atoms with E-state index in [0.717, 1.165) is 6.42 Å². The van der Waals surface area contributed by atoms with Gasteiger partial charge < -0.3 is 15.2 Å². The molecule has 16 heavy (non-hydrogen) atoms. The maximum absolute atomic E-state index is 11.5. The molecule has 5 heteroatoms. The SMILES string of the molecule is CCCOCCOC(=O)c1cncc(N)c1. The van der Waals surface area contributed by atoms with Crippen LogP contribution >= 0.6 is 0 Å². The average molecular weight is 224 g/mol. The molecule has 0 aliphatic rings. The number of nitrogens with zero attached hydrogens (tertiary/aromatic N) is 1. The monoisotopic (exact) mass is 224 g/mol. The zero-order valence-electron chi connectivity index (χ0n) is 9.31. The number of anilines is 1. The van der Waals surface area contributed by atoms with E-state index in [2.05, 4.69) is 4.98 Å². The summed E-state index contributed by atoms with van der Waals surface area (Å²) in [5.74, 6) is -0.431. The average Bonchev–Trinajstić information content (AvgIpc) is 2.28. The number of ether oxygens (including phenoxy) is 2. The summed E-state index contributed by atoms with van der Waals surface area (Å²) in [6, 6.07) is 1.53. The van der Waals surface area contributed by atoms with Gasteiger partial charge in [0.2, 0.25) is 0 Å². The standard InChI is InChI=1S/C11H16N2O3/c1-2-3-15-4-5-16-11(14)9-6-10(12)8-13-7-9/h6-8H,2-5,12H2,1H3. The highest BCUT2D eigenvalue weighted by Crippen LogP contribution is 2.05. The first-order valence-electron chi connectivity index (χ1n) is 5.19. The van der Waals surface area contributed by atoms with Crippen molar-refractivity contribution in [2.24, 2.45) is 0 Å². The largest absolute Gasteiger partial charge is 0.460 e. The van der Waals surface area contributed by atoms with Crippen LogP contribution in [0.15, 0.2) is 18.5 Å². The molecular weight excluding hydrogens is 208 g/mol. The maximum Gasteiger partial charge on any atom is 0.339 e. The van der Waals surface area contributed by atoms with Crippen LogP contribution in [0.1, 0.15) is 23.7 Å². The molecule has 0 atom stereocenters. The molecule has 1 rings (SSSR count). The van der Waals surface area contributed by atoms with Gasteiger partial charge in [-0.05, 0) is 12.5 Å². The number of rotatable bonds is 6. The molecule has 0 aliphatic heterocycles. The second kappa shape index (κ2) is 6.79. The molecule has 1 heterocycles. The molecule has 2 N–H and O–H groups in total. The van der Waals surface area contributed by atoms with Crippen LogP contribution in [0.4, 0.5) is 5.69 Å². The van der Waals surface area contributed by atoms with Crippen LogP contribution in [0.3, 0.4) is 0 Å². The summed E-state index contributed by atoms with van der Waals surface area (Å²) < 4.78 is 10.1. The van der Waals surface area contributed by atoms with E-state index >= 15 is 0 Å². The predicted octanol–water partition coefficient (Wildman–Crippen LogP) is 1.25. The summed E-state index contributed by atoms with van der Waals surface area (Å²) in [6.07, 6.45) is 3.85. The van der Waals surface area contributed by atoms with Gasteiger partial charge in [0.05, 0.1) is 17.9 Å². The Hall–Kier alpha value is -1.62. The van der Waals surface area contributed by atoms with Gasteiger partial charge in [0.1, 0.15) is 6.61 Å². The summed E-state index contributed by atoms with van der Waals surface area (Å²) in [4.78, 5) is 15.3. The topological polar surface area (TPSA) is 74.4 Å². The van der Waals surface area contributed by atoms with Gasteiger partial charge >= 0.3 is 5.97 Å². The molecule has 0 aromatic carbocycles. The third kappa shape index (κ3) is 4.27. The molecule has 0 fully saturated rings. The fraction of sp³-hybridized carbons (Fsp3) is 0.455. The molecule has 0 aliphatic carbocycles. The van der Waals surface area contributed by atoms with E-state index in [1.807, 2.05) is 6.92 Å². The van der Waals surface area contributed by atoms with Gasteiger partial charge in [0.15, 0.2) is 0 Å². The van der Waals surface area contributed by atoms with E-state index in [9.17, 15) is 4.79 Å². The van der Waals surface area contributed by atoms with Crippen molar-refractivity contribution in [1.82, 2.24) is 4.98 Å². The Balaban J connectivity index is 2.30. The van der Waals surface area contributed by atoms with Crippen molar-refractivity contribution in [2.45, 2.75) is 13.3 Å². The van der Waals surface area contributed by atoms with E-state index in [1.165, 1.54) is 18.5 Å². The summed E-state index contributed by atoms with van der Waals surface area (Å²) in [6.45, 7) is 3.35. The summed E-state index contributed by atoms with van der Waals surface area (Å²) >= 11 is 0. The second-order valence-electron chi connectivity index (χ2n) is 3.26. The normalized spacial score (nSPS) is 10.1. The van der Waals surface area contributed by atoms with Gasteiger partial charge in [-0.15, -0.1) is 0 Å². The fourth-order valence-corrected chi connectivity index (χ4v) is 1.09. The number of hydrogen-bond donors (Lipinski definition) is 1. The number of nitrogen functional groups attached to an aromatic ring is 1. The molecule has 88 valence electrons. The minimum absolute atomic E-state index is 0.244. The van der Waals surface area contributed by atoms with Crippen LogP contribution in [-0.2, 0) is 9.47 Å². The van der Waals surface area contributed by atoms with E-state index in [1.54, 1.807) is 0 Å². The Bertz CT molecular complexity index is 342. The fourth-order valence-electron chi connectivity index (χ4n) is 1.09. The Kier molecular flexibility index (Phi) is 5.28. The zero-order valence-corrected chi connectivity index (χ0v) is 9.31. The minimum Gasteiger partial charge on any atom is -0.460 e. The summed E-state index contributed by atoms with van der Waals surface area (Å²) in [5.41, 5.74) is 6.29. The van der Waals surface area contributed by atoms with Crippen LogP contribution in [0.25, 0.3) is 0 Å². The first-order valence-corrected chi connectivity index (χ1v) is 5.19. The smallest absolute Gasteiger partial charge is 0.339 e. The van der Waals surface area contributed by atoms with Gasteiger partial charge in [-0.1, -0.05) is 6.92 Å². The molecule has 0 unspecified atom stereocenters. The number of aromatic nitrogens is 1. The highest BCUT2D eigenvalue weighted by Gasteiger charge is 2.07. The van der Waals surface area contributed by atoms with Gasteiger partial charge in [-0.3, -0.25) is 4.98 Å². The Morgan fingerprint density at radius 2 is 2.19 bits per heavy atom. The number of pyridine rings is 1. The number of nitrogens with two attached hydrogens (primary N) is 1. The van der Waals surface area contributed by atoms with E-state index < -0.39 is 5.97 Å². The van der Waals surface area contributed by atoms with Crippen LogP contribution in [-0.4, -0.2) is 30.8 Å². The zero-order chi connectivity index (χ0) is 11.8. The van der Waals surface area contributed by atoms with E-state index in [-0.39, 0.29) is 6.61 Å². The molecule has 5 nitrogen and oxygen atoms in total. The molecule has 1 aromatic rings. The van der Waals surface area contributed by atoms with Crippen molar-refractivity contribution < 1.29 is 14.3 Å². The maximum atomic E-state index is 11.5. The lowest BCUT2D eigenvalue weighted by Gasteiger charge is -2.05. The highest BCUT2D eigenvalue weighted by atomic mass is 16.6. The Morgan fingerprint density at radius 3 is 2.88 bits per heavy atom. The summed E-state index contributed by atoms with van der Waals surface area (Å²) in [5, 5.41) is 0. The Morgan fingerprint density at radius 1 is 1.38 bits per heavy atom. The number of hydrogen-bond acceptors (Lipinski definition) is 5. The number of carbonyl (C=O) groups excluding carboxylic acids is 1. The first-order chi connectivity index (χ1) is 7.74. The van der Waals surface area contributed by atoms with Gasteiger partial charge in [-0.25, -0.2) is 4.79 Å². The third-order valence-corrected chi connectivity index (χ3v) is 1.80. The van der Waals surface area contributed by atoms with Crippen molar-refractivity contribution in [3.05, 3.63) is 24.0 Å². The van der Waals surface area contributed by atoms with E-state index in [0.29, 0.717) is 24.5 Å². The molecule has 1 aromatic heterocycles. The third-order valence-electron chi connectivity index (χ3n) is 1.80. The van der Waals surface area contributed by atoms with Crippen LogP contribution in [0, 0.1) is 0 Å². The lowest BCUT2D eigenvalue weighted by Crippen LogP contribution is -2.11. The van der Waals surface area contributed by atoms with Crippen molar-refractivity contribution in [1.29, 1.82) is 0 Å². The molecule has 0 radical (unpaired) electrons. The van der Waals surface area contributed by atoms with Crippen molar-refractivity contribution in [3.8, 4) is 0 Å². The second-order valence-corrected chi connectivity index (χ2v) is 3.26. The van der Waals surface area contributed by atoms with Crippen LogP contribution in [0.5, 0.6) is 0 Å². The van der Waals surface area contributed by atoms with Crippen LogP contribution in [0.2, 0.25) is 0 Å². The van der Waals surface area contributed by atoms with Crippen LogP contribution < -0.4 is 5.73 Å². The van der Waals surface area contributed by atoms with Gasteiger partial charge in [0.25, 0.3) is 0 Å². The summed E-state index contributed by atoms with van der Waals surface area (Å²) in [7, 11) is 0. The highest BCUT2D eigenvalue weighted by molar-refractivity contribution is 5.89. The minimum atomic E-state index is -0.431. The predicted molar refractivity (Wildman–Crippen MR) is 60.0 cm³/mol. The number of carbonyl (C=O) groups is 1. The van der Waals surface area contributed by atoms with Crippen molar-refractivity contribution in [3.63, 3.8) is 0 Å². The molecule has 0 saturated heterocycles. The van der Waals surface area contributed by atoms with Gasteiger partial charge in [0, 0.05) is 19.0 Å². The number of esters is 1. The first kappa shape index (κ1) is 12.4. The Labute approximate surface area is 94.6 Å². The van der Waals surface area contributed by atoms with Crippen molar-refractivity contribution in [2.75, 3.05) is 25.6 Å².